The highest BCUT2D eigenvalue weighted by molar-refractivity contribution is 8.00. The van der Waals surface area contributed by atoms with Gasteiger partial charge < -0.3 is 15.4 Å². The Morgan fingerprint density at radius 2 is 1.80 bits per heavy atom. The predicted octanol–water partition coefficient (Wildman–Crippen LogP) is 7.96. The molecule has 0 fully saturated rings. The molecule has 212 valence electrons. The summed E-state index contributed by atoms with van der Waals surface area (Å²) < 4.78 is 5.36. The smallest absolute Gasteiger partial charge is 0.341 e. The van der Waals surface area contributed by atoms with Crippen molar-refractivity contribution in [3.63, 3.8) is 0 Å². The lowest BCUT2D eigenvalue weighted by Crippen LogP contribution is -2.25. The number of carbonyl (C=O) groups excluding carboxylic acids is 3. The summed E-state index contributed by atoms with van der Waals surface area (Å²) in [7, 11) is 0. The Kier molecular flexibility index (Phi) is 9.10. The van der Waals surface area contributed by atoms with Crippen LogP contribution in [0.15, 0.2) is 71.6 Å². The molecule has 8 heteroatoms. The van der Waals surface area contributed by atoms with Crippen molar-refractivity contribution in [2.75, 3.05) is 17.2 Å². The maximum Gasteiger partial charge on any atom is 0.341 e. The van der Waals surface area contributed by atoms with Crippen LogP contribution in [0.5, 0.6) is 0 Å². The zero-order chi connectivity index (χ0) is 28.9. The maximum atomic E-state index is 13.5. The van der Waals surface area contributed by atoms with E-state index in [1.807, 2.05) is 73.7 Å². The van der Waals surface area contributed by atoms with Crippen LogP contribution in [0, 0.1) is 5.92 Å². The molecule has 1 aliphatic carbocycles. The average Bonchev–Trinajstić information content (AvgIpc) is 3.32. The number of benzene rings is 3. The van der Waals surface area contributed by atoms with E-state index in [2.05, 4.69) is 17.6 Å². The fraction of sp³-hybridized carbons (Fsp3) is 0.303. The van der Waals surface area contributed by atoms with Gasteiger partial charge in [0.25, 0.3) is 5.91 Å². The third-order valence-corrected chi connectivity index (χ3v) is 9.80. The number of anilines is 2. The largest absolute Gasteiger partial charge is 0.462 e. The fourth-order valence-corrected chi connectivity index (χ4v) is 7.53. The van der Waals surface area contributed by atoms with Crippen molar-refractivity contribution < 1.29 is 19.1 Å². The molecule has 0 aliphatic heterocycles. The van der Waals surface area contributed by atoms with Gasteiger partial charge >= 0.3 is 5.97 Å². The molecule has 2 amide bonds. The van der Waals surface area contributed by atoms with E-state index in [-0.39, 0.29) is 29.6 Å². The number of thioether (sulfide) groups is 1. The minimum absolute atomic E-state index is 0.153. The number of ether oxygens (including phenoxy) is 1. The molecule has 2 unspecified atom stereocenters. The molecule has 0 saturated carbocycles. The molecule has 0 radical (unpaired) electrons. The lowest BCUT2D eigenvalue weighted by atomic mass is 9.88. The SMILES string of the molecule is CCOC(=O)c1c(NC(=O)C(CC)Sc2cccc(NC(=O)c3ccc4ccccc4c3)c2)sc2c1CCC(C)C2. The second kappa shape index (κ2) is 12.9. The van der Waals surface area contributed by atoms with E-state index in [0.29, 0.717) is 34.2 Å². The van der Waals surface area contributed by atoms with Gasteiger partial charge in [0, 0.05) is 21.0 Å². The van der Waals surface area contributed by atoms with Gasteiger partial charge in [-0.1, -0.05) is 50.2 Å². The van der Waals surface area contributed by atoms with Crippen LogP contribution in [0.2, 0.25) is 0 Å². The summed E-state index contributed by atoms with van der Waals surface area (Å²) in [4.78, 5) is 41.4. The Bertz CT molecular complexity index is 1600. The number of thiophene rings is 1. The summed E-state index contributed by atoms with van der Waals surface area (Å²) in [6.45, 7) is 6.26. The van der Waals surface area contributed by atoms with Gasteiger partial charge in [0.15, 0.2) is 0 Å². The van der Waals surface area contributed by atoms with Crippen LogP contribution < -0.4 is 10.6 Å². The van der Waals surface area contributed by atoms with Crippen molar-refractivity contribution in [3.05, 3.63) is 88.3 Å². The molecule has 6 nitrogen and oxygen atoms in total. The minimum Gasteiger partial charge on any atom is -0.462 e. The van der Waals surface area contributed by atoms with Gasteiger partial charge in [-0.05, 0) is 85.2 Å². The van der Waals surface area contributed by atoms with Crippen LogP contribution in [0.25, 0.3) is 10.8 Å². The van der Waals surface area contributed by atoms with Gasteiger partial charge in [-0.25, -0.2) is 4.79 Å². The van der Waals surface area contributed by atoms with Crippen molar-refractivity contribution >= 4 is 62.3 Å². The van der Waals surface area contributed by atoms with Crippen LogP contribution in [-0.2, 0) is 22.4 Å². The Labute approximate surface area is 248 Å². The Morgan fingerprint density at radius 3 is 2.59 bits per heavy atom. The summed E-state index contributed by atoms with van der Waals surface area (Å²) in [5.74, 6) is -0.163. The minimum atomic E-state index is -0.380. The molecular weight excluding hydrogens is 553 g/mol. The molecule has 2 atom stereocenters. The van der Waals surface area contributed by atoms with Crippen molar-refractivity contribution in [3.8, 4) is 0 Å². The van der Waals surface area contributed by atoms with Crippen molar-refractivity contribution in [2.24, 2.45) is 5.92 Å². The fourth-order valence-electron chi connectivity index (χ4n) is 5.12. The normalized spacial score (nSPS) is 15.1. The first kappa shape index (κ1) is 28.9. The van der Waals surface area contributed by atoms with Gasteiger partial charge in [0.1, 0.15) is 5.00 Å². The zero-order valence-electron chi connectivity index (χ0n) is 23.5. The molecule has 1 heterocycles. The number of rotatable bonds is 9. The molecule has 0 spiro atoms. The van der Waals surface area contributed by atoms with Gasteiger partial charge in [0.05, 0.1) is 17.4 Å². The van der Waals surface area contributed by atoms with E-state index in [1.54, 1.807) is 6.92 Å². The van der Waals surface area contributed by atoms with Gasteiger partial charge in [-0.15, -0.1) is 23.1 Å². The summed E-state index contributed by atoms with van der Waals surface area (Å²) in [6, 6.07) is 21.1. The van der Waals surface area contributed by atoms with E-state index >= 15 is 0 Å². The number of carbonyl (C=O) groups is 3. The monoisotopic (exact) mass is 586 g/mol. The molecule has 4 aromatic rings. The number of amides is 2. The van der Waals surface area contributed by atoms with E-state index in [9.17, 15) is 14.4 Å². The molecule has 41 heavy (non-hydrogen) atoms. The van der Waals surface area contributed by atoms with Crippen LogP contribution in [0.3, 0.4) is 0 Å². The highest BCUT2D eigenvalue weighted by Crippen LogP contribution is 2.40. The number of esters is 1. The van der Waals surface area contributed by atoms with E-state index in [1.165, 1.54) is 23.1 Å². The third kappa shape index (κ3) is 6.66. The quantitative estimate of drug-likeness (QED) is 0.154. The summed E-state index contributed by atoms with van der Waals surface area (Å²) in [6.07, 6.45) is 3.35. The molecule has 5 rings (SSSR count). The van der Waals surface area contributed by atoms with Crippen molar-refractivity contribution in [1.29, 1.82) is 0 Å². The number of fused-ring (bicyclic) bond motifs is 2. The van der Waals surface area contributed by atoms with Crippen LogP contribution in [0.1, 0.15) is 64.8 Å². The molecule has 0 bridgehead atoms. The topological polar surface area (TPSA) is 84.5 Å². The molecule has 3 aromatic carbocycles. The molecule has 2 N–H and O–H groups in total. The van der Waals surface area contributed by atoms with Gasteiger partial charge in [-0.3, -0.25) is 9.59 Å². The van der Waals surface area contributed by atoms with Gasteiger partial charge in [0.2, 0.25) is 5.91 Å². The number of nitrogens with one attached hydrogen (secondary N) is 2. The predicted molar refractivity (Wildman–Crippen MR) is 168 cm³/mol. The first-order chi connectivity index (χ1) is 19.9. The second-order valence-corrected chi connectivity index (χ2v) is 12.7. The average molecular weight is 587 g/mol. The zero-order valence-corrected chi connectivity index (χ0v) is 25.1. The van der Waals surface area contributed by atoms with Crippen LogP contribution in [-0.4, -0.2) is 29.6 Å². The highest BCUT2D eigenvalue weighted by atomic mass is 32.2. The van der Waals surface area contributed by atoms with Crippen LogP contribution in [0.4, 0.5) is 10.7 Å². The molecule has 0 saturated heterocycles. The summed E-state index contributed by atoms with van der Waals surface area (Å²) >= 11 is 2.94. The van der Waals surface area contributed by atoms with E-state index < -0.39 is 0 Å². The number of hydrogen-bond acceptors (Lipinski definition) is 6. The molecular formula is C33H34N2O4S2. The highest BCUT2D eigenvalue weighted by Gasteiger charge is 2.30. The van der Waals surface area contributed by atoms with Crippen LogP contribution >= 0.6 is 23.1 Å². The third-order valence-electron chi connectivity index (χ3n) is 7.27. The summed E-state index contributed by atoms with van der Waals surface area (Å²) in [5, 5.41) is 8.34. The first-order valence-electron chi connectivity index (χ1n) is 14.1. The second-order valence-electron chi connectivity index (χ2n) is 10.3. The Morgan fingerprint density at radius 1 is 1.00 bits per heavy atom. The molecule has 1 aliphatic rings. The van der Waals surface area contributed by atoms with Crippen molar-refractivity contribution in [1.82, 2.24) is 0 Å². The Balaban J connectivity index is 1.29. The Hall–Kier alpha value is -3.62. The molecule has 1 aromatic heterocycles. The van der Waals surface area contributed by atoms with Gasteiger partial charge in [-0.2, -0.15) is 0 Å². The standard InChI is InChI=1S/C33H34N2O4S2/c1-4-27(31(37)35-32-29(33(38)39-5-2)26-16-13-20(3)17-28(26)41-32)40-25-12-8-11-24(19-25)34-30(36)23-15-14-21-9-6-7-10-22(21)18-23/h6-12,14-15,18-20,27H,4-5,13,16-17H2,1-3H3,(H,34,36)(H,35,37). The van der Waals surface area contributed by atoms with Crippen molar-refractivity contribution in [2.45, 2.75) is 56.6 Å². The maximum absolute atomic E-state index is 13.5. The lowest BCUT2D eigenvalue weighted by Gasteiger charge is -2.18. The lowest BCUT2D eigenvalue weighted by molar-refractivity contribution is -0.115. The van der Waals surface area contributed by atoms with E-state index in [4.69, 9.17) is 4.74 Å². The first-order valence-corrected chi connectivity index (χ1v) is 15.7. The summed E-state index contributed by atoms with van der Waals surface area (Å²) in [5.41, 5.74) is 2.79. The number of hydrogen-bond donors (Lipinski definition) is 2. The van der Waals surface area contributed by atoms with E-state index in [0.717, 1.165) is 45.4 Å².